The molecule has 8 heteroatoms. The second kappa shape index (κ2) is 9.62. The first-order chi connectivity index (χ1) is 4.00. The zero-order valence-corrected chi connectivity index (χ0v) is 13.0. The fraction of sp³-hybridized carbons (Fsp3) is 1.00. The maximum Gasteiger partial charge on any atom is 1.00 e. The fourth-order valence-electron chi connectivity index (χ4n) is 0. The van der Waals surface area contributed by atoms with Crippen LogP contribution in [-0.2, 0) is 4.57 Å². The van der Waals surface area contributed by atoms with Crippen molar-refractivity contribution in [1.29, 1.82) is 0 Å². The minimum Gasteiger partial charge on any atom is -0.850 e. The summed E-state index contributed by atoms with van der Waals surface area (Å²) in [5.41, 5.74) is -0.750. The molecule has 64 valence electrons. The second-order valence-corrected chi connectivity index (χ2v) is 3.58. The Morgan fingerprint density at radius 1 is 1.17 bits per heavy atom. The Kier molecular flexibility index (Phi) is 19.0. The average molecular weight is 216 g/mol. The number of rotatable bonds is 0. The molecule has 0 amide bonds. The van der Waals surface area contributed by atoms with Gasteiger partial charge in [-0.05, 0) is 0 Å². The van der Waals surface area contributed by atoms with Crippen LogP contribution in [0.15, 0.2) is 0 Å². The Bertz CT molecular complexity index is 114. The summed E-state index contributed by atoms with van der Waals surface area (Å²) in [5, 5.41) is 10.1. The van der Waals surface area contributed by atoms with E-state index in [4.69, 9.17) is 19.2 Å². The summed E-state index contributed by atoms with van der Waals surface area (Å²) in [4.78, 5) is 22.9. The predicted molar refractivity (Wildman–Crippen MR) is 31.8 cm³/mol. The third-order valence-electron chi connectivity index (χ3n) is 0. The second-order valence-electron chi connectivity index (χ2n) is 2.60. The van der Waals surface area contributed by atoms with Crippen LogP contribution < -0.4 is 69.1 Å². The van der Waals surface area contributed by atoms with E-state index in [0.29, 0.717) is 0 Å². The summed E-state index contributed by atoms with van der Waals surface area (Å²) in [7, 11) is -4.89. The van der Waals surface area contributed by atoms with Crippen molar-refractivity contribution < 1.29 is 83.5 Å². The molecule has 0 rings (SSSR count). The monoisotopic (exact) mass is 216 g/mol. The largest absolute Gasteiger partial charge is 1.00 e. The van der Waals surface area contributed by atoms with Gasteiger partial charge in [-0.2, -0.15) is 0 Å². The molecule has 5 nitrogen and oxygen atoms in total. The van der Waals surface area contributed by atoms with Crippen molar-refractivity contribution in [2.75, 3.05) is 0 Å². The first kappa shape index (κ1) is 23.7. The fourth-order valence-corrected chi connectivity index (χ4v) is 0. The Hall–Kier alpha value is 2.07. The molecule has 0 aromatic carbocycles. The maximum atomic E-state index is 10.1. The molecular formula is C4H11Na2O5P. The number of hydrogen-bond acceptors (Lipinski definition) is 3. The normalized spacial score (nSPS) is 9.92. The van der Waals surface area contributed by atoms with Crippen LogP contribution in [0.4, 0.5) is 0 Å². The first-order valence-electron chi connectivity index (χ1n) is 2.47. The van der Waals surface area contributed by atoms with E-state index in [1.165, 1.54) is 0 Å². The maximum absolute atomic E-state index is 10.1. The van der Waals surface area contributed by atoms with Gasteiger partial charge in [-0.25, -0.2) is 0 Å². The third kappa shape index (κ3) is 345. The third-order valence-corrected chi connectivity index (χ3v) is 0. The van der Waals surface area contributed by atoms with Crippen molar-refractivity contribution in [2.45, 2.75) is 26.4 Å². The first-order valence-corrected chi connectivity index (χ1v) is 4.00. The Morgan fingerprint density at radius 2 is 1.17 bits per heavy atom. The van der Waals surface area contributed by atoms with Gasteiger partial charge in [0, 0.05) is 0 Å². The van der Waals surface area contributed by atoms with Crippen molar-refractivity contribution in [3.8, 4) is 0 Å². The molecule has 12 heavy (non-hydrogen) atoms. The zero-order valence-electron chi connectivity index (χ0n) is 8.07. The van der Waals surface area contributed by atoms with Gasteiger partial charge >= 0.3 is 59.1 Å². The predicted octanol–water partition coefficient (Wildman–Crippen LogP) is -7.41. The van der Waals surface area contributed by atoms with Crippen LogP contribution in [0.25, 0.3) is 0 Å². The van der Waals surface area contributed by atoms with Crippen LogP contribution in [0.5, 0.6) is 0 Å². The van der Waals surface area contributed by atoms with Gasteiger partial charge < -0.3 is 19.8 Å². The van der Waals surface area contributed by atoms with Gasteiger partial charge in [0.2, 0.25) is 0 Å². The van der Waals surface area contributed by atoms with Crippen molar-refractivity contribution in [3.63, 3.8) is 0 Å². The molecule has 2 N–H and O–H groups in total. The Balaban J connectivity index is -0.0000000457. The Morgan fingerprint density at radius 3 is 1.17 bits per heavy atom. The standard InChI is InChI=1S/C4H9O.2Na.H3O4P/c1-4(2,3)5;;;1-5(2,3)4/h1-3H3;;;(H3,1,2,3,4)/q-1;2*+1;/p-1. The van der Waals surface area contributed by atoms with E-state index in [2.05, 4.69) is 0 Å². The molecule has 0 radical (unpaired) electrons. The number of phosphoric acid groups is 1. The summed E-state index contributed by atoms with van der Waals surface area (Å²) in [5.74, 6) is 0. The van der Waals surface area contributed by atoms with E-state index in [-0.39, 0.29) is 59.1 Å². The average Bonchev–Trinajstić information content (AvgIpc) is 1.12. The smallest absolute Gasteiger partial charge is 0.850 e. The minimum atomic E-state index is -4.89. The molecule has 0 heterocycles. The van der Waals surface area contributed by atoms with E-state index in [1.807, 2.05) is 0 Å². The number of hydrogen-bond donors (Lipinski definition) is 2. The van der Waals surface area contributed by atoms with Crippen LogP contribution in [0.2, 0.25) is 0 Å². The van der Waals surface area contributed by atoms with Crippen LogP contribution in [0.1, 0.15) is 20.8 Å². The van der Waals surface area contributed by atoms with E-state index in [9.17, 15) is 5.11 Å². The molecule has 0 aliphatic heterocycles. The Labute approximate surface area is 116 Å². The molecular weight excluding hydrogens is 205 g/mol. The van der Waals surface area contributed by atoms with Gasteiger partial charge in [-0.1, -0.05) is 20.8 Å². The van der Waals surface area contributed by atoms with E-state index < -0.39 is 13.4 Å². The van der Waals surface area contributed by atoms with Crippen molar-refractivity contribution >= 4 is 7.82 Å². The van der Waals surface area contributed by atoms with Gasteiger partial charge in [0.15, 0.2) is 0 Å². The molecule has 0 unspecified atom stereocenters. The van der Waals surface area contributed by atoms with Gasteiger partial charge in [0.1, 0.15) is 0 Å². The SMILES string of the molecule is CC(C)(C)[O-].O=P([O-])(O)O.[Na+].[Na+]. The molecule has 0 saturated heterocycles. The van der Waals surface area contributed by atoms with E-state index in [0.717, 1.165) is 0 Å². The summed E-state index contributed by atoms with van der Waals surface area (Å²) in [6, 6.07) is 0. The molecule has 0 spiro atoms. The molecule has 0 bridgehead atoms. The van der Waals surface area contributed by atoms with Gasteiger partial charge in [0.25, 0.3) is 7.82 Å². The van der Waals surface area contributed by atoms with Crippen LogP contribution >= 0.6 is 7.82 Å². The van der Waals surface area contributed by atoms with Gasteiger partial charge in [-0.3, -0.25) is 4.57 Å². The van der Waals surface area contributed by atoms with Gasteiger partial charge in [-0.15, -0.1) is 5.60 Å². The molecule has 0 fully saturated rings. The molecule has 0 saturated carbocycles. The quantitative estimate of drug-likeness (QED) is 0.309. The van der Waals surface area contributed by atoms with Crippen molar-refractivity contribution in [2.24, 2.45) is 0 Å². The summed E-state index contributed by atoms with van der Waals surface area (Å²) in [6.45, 7) is 4.90. The topological polar surface area (TPSA) is 104 Å². The minimum absolute atomic E-state index is 0. The summed E-state index contributed by atoms with van der Waals surface area (Å²) < 4.78 is 8.77. The van der Waals surface area contributed by atoms with Crippen molar-refractivity contribution in [1.82, 2.24) is 0 Å². The van der Waals surface area contributed by atoms with Gasteiger partial charge in [0.05, 0.1) is 0 Å². The van der Waals surface area contributed by atoms with Crippen molar-refractivity contribution in [3.05, 3.63) is 0 Å². The summed E-state index contributed by atoms with van der Waals surface area (Å²) >= 11 is 0. The van der Waals surface area contributed by atoms with E-state index >= 15 is 0 Å². The molecule has 0 aliphatic carbocycles. The van der Waals surface area contributed by atoms with Crippen LogP contribution in [0.3, 0.4) is 0 Å². The molecule has 0 aromatic heterocycles. The molecule has 0 aliphatic rings. The zero-order chi connectivity index (χ0) is 9.00. The summed E-state index contributed by atoms with van der Waals surface area (Å²) in [6.07, 6.45) is 0. The molecule has 0 atom stereocenters. The van der Waals surface area contributed by atoms with E-state index in [1.54, 1.807) is 20.8 Å². The molecule has 0 aromatic rings. The van der Waals surface area contributed by atoms with Crippen LogP contribution in [-0.4, -0.2) is 15.4 Å². The van der Waals surface area contributed by atoms with Crippen LogP contribution in [0, 0.1) is 0 Å².